The minimum absolute atomic E-state index is 0.0495. The molecular weight excluding hydrogens is 413 g/mol. The first-order chi connectivity index (χ1) is 14.8. The van der Waals surface area contributed by atoms with Crippen molar-refractivity contribution < 1.29 is 27.8 Å². The minimum atomic E-state index is -3.04. The van der Waals surface area contributed by atoms with Gasteiger partial charge in [-0.05, 0) is 30.2 Å². The number of amidine groups is 1. The van der Waals surface area contributed by atoms with Crippen LogP contribution in [0.3, 0.4) is 0 Å². The topological polar surface area (TPSA) is 122 Å². The van der Waals surface area contributed by atoms with Crippen LogP contribution in [-0.2, 0) is 23.3 Å². The van der Waals surface area contributed by atoms with Gasteiger partial charge in [0.1, 0.15) is 23.7 Å². The van der Waals surface area contributed by atoms with Gasteiger partial charge in [-0.15, -0.1) is 0 Å². The lowest BCUT2D eigenvalue weighted by molar-refractivity contribution is 0.0176. The monoisotopic (exact) mass is 430 g/mol. The van der Waals surface area contributed by atoms with Gasteiger partial charge < -0.3 is 15.6 Å². The lowest BCUT2D eigenvalue weighted by atomic mass is 9.83. The van der Waals surface area contributed by atoms with Crippen molar-refractivity contribution in [3.05, 3.63) is 64.2 Å². The first-order valence-corrected chi connectivity index (χ1v) is 9.42. The molecule has 2 aromatic rings. The Labute approximate surface area is 175 Å². The number of pyridine rings is 1. The SMILES string of the molecule is N#Cc1cnc(C(=O)Cc2ccc(F)c([C@@]3(C(F)F)N=C(N)O[C@@H]4C[C@@H]43)c2)c(CO)c1. The number of aliphatic hydroxyl groups is 1. The molecule has 0 unspecified atom stereocenters. The molecule has 4 rings (SSSR count). The fraction of sp³-hybridized carbons (Fsp3) is 0.333. The fourth-order valence-corrected chi connectivity index (χ4v) is 4.00. The van der Waals surface area contributed by atoms with Crippen molar-refractivity contribution in [3.8, 4) is 6.07 Å². The average Bonchev–Trinajstić information content (AvgIpc) is 3.53. The van der Waals surface area contributed by atoms with E-state index in [1.54, 1.807) is 0 Å². The Morgan fingerprint density at radius 2 is 2.19 bits per heavy atom. The average molecular weight is 430 g/mol. The van der Waals surface area contributed by atoms with Crippen LogP contribution in [0.4, 0.5) is 13.2 Å². The maximum Gasteiger partial charge on any atom is 0.283 e. The number of aliphatic imine (C=N–C) groups is 1. The second kappa shape index (κ2) is 7.67. The quantitative estimate of drug-likeness (QED) is 0.678. The van der Waals surface area contributed by atoms with Gasteiger partial charge in [0.2, 0.25) is 0 Å². The van der Waals surface area contributed by atoms with E-state index in [1.807, 2.05) is 6.07 Å². The lowest BCUT2D eigenvalue weighted by Gasteiger charge is -2.33. The van der Waals surface area contributed by atoms with Crippen molar-refractivity contribution in [1.82, 2.24) is 4.98 Å². The number of ketones is 1. The number of fused-ring (bicyclic) bond motifs is 1. The summed E-state index contributed by atoms with van der Waals surface area (Å²) >= 11 is 0. The first-order valence-electron chi connectivity index (χ1n) is 9.42. The molecule has 0 radical (unpaired) electrons. The number of carbonyl (C=O) groups excluding carboxylic acids is 1. The molecule has 1 saturated carbocycles. The molecule has 0 amide bonds. The van der Waals surface area contributed by atoms with Crippen molar-refractivity contribution in [2.45, 2.75) is 37.5 Å². The Morgan fingerprint density at radius 3 is 2.87 bits per heavy atom. The number of halogens is 3. The highest BCUT2D eigenvalue weighted by Gasteiger charge is 2.64. The van der Waals surface area contributed by atoms with Crippen molar-refractivity contribution >= 4 is 11.8 Å². The molecule has 1 fully saturated rings. The molecule has 1 aromatic heterocycles. The van der Waals surface area contributed by atoms with Crippen molar-refractivity contribution in [3.63, 3.8) is 0 Å². The highest BCUT2D eigenvalue weighted by atomic mass is 19.3. The van der Waals surface area contributed by atoms with E-state index in [0.29, 0.717) is 0 Å². The maximum absolute atomic E-state index is 14.7. The number of aliphatic hydroxyl groups excluding tert-OH is 1. The third-order valence-corrected chi connectivity index (χ3v) is 5.55. The van der Waals surface area contributed by atoms with Crippen LogP contribution in [0, 0.1) is 23.1 Å². The zero-order valence-electron chi connectivity index (χ0n) is 16.1. The number of nitriles is 1. The third-order valence-electron chi connectivity index (χ3n) is 5.55. The van der Waals surface area contributed by atoms with Crippen LogP contribution in [-0.4, -0.2) is 34.4 Å². The number of rotatable bonds is 6. The summed E-state index contributed by atoms with van der Waals surface area (Å²) in [4.78, 5) is 20.5. The molecule has 2 heterocycles. The van der Waals surface area contributed by atoms with E-state index in [1.165, 1.54) is 24.4 Å². The summed E-state index contributed by atoms with van der Waals surface area (Å²) in [7, 11) is 0. The maximum atomic E-state index is 14.7. The highest BCUT2D eigenvalue weighted by Crippen LogP contribution is 2.56. The molecule has 10 heteroatoms. The molecule has 0 saturated heterocycles. The van der Waals surface area contributed by atoms with Gasteiger partial charge in [0.05, 0.1) is 12.2 Å². The molecule has 7 nitrogen and oxygen atoms in total. The predicted molar refractivity (Wildman–Crippen MR) is 102 cm³/mol. The Morgan fingerprint density at radius 1 is 1.42 bits per heavy atom. The smallest absolute Gasteiger partial charge is 0.283 e. The zero-order valence-corrected chi connectivity index (χ0v) is 16.1. The number of aromatic nitrogens is 1. The van der Waals surface area contributed by atoms with Gasteiger partial charge in [-0.2, -0.15) is 5.26 Å². The van der Waals surface area contributed by atoms with E-state index in [9.17, 15) is 23.1 Å². The van der Waals surface area contributed by atoms with Crippen LogP contribution in [0.2, 0.25) is 0 Å². The number of ether oxygens (including phenoxy) is 1. The summed E-state index contributed by atoms with van der Waals surface area (Å²) in [6, 6.07) is 6.31. The number of carbonyl (C=O) groups is 1. The molecular formula is C21H17F3N4O3. The second-order valence-corrected chi connectivity index (χ2v) is 7.49. The molecule has 1 aliphatic heterocycles. The van der Waals surface area contributed by atoms with E-state index < -0.39 is 48.2 Å². The number of nitrogens with zero attached hydrogens (tertiary/aromatic N) is 3. The Bertz CT molecular complexity index is 1130. The molecule has 1 aliphatic carbocycles. The summed E-state index contributed by atoms with van der Waals surface area (Å²) in [5, 5.41) is 18.4. The standard InChI is InChI=1S/C21H17F3N4O3/c22-15-2-1-10(5-16(30)18-12(9-29)3-11(7-25)8-27-18)4-13(15)21(19(23)24)14-6-17(14)31-20(26)28-21/h1-4,8,14,17,19,29H,5-6,9H2,(H2,26,28)/t14-,17+,21+/m0/s1. The van der Waals surface area contributed by atoms with Crippen LogP contribution in [0.1, 0.15) is 39.2 Å². The number of alkyl halides is 2. The van der Waals surface area contributed by atoms with Gasteiger partial charge in [-0.3, -0.25) is 9.78 Å². The second-order valence-electron chi connectivity index (χ2n) is 7.49. The Kier molecular flexibility index (Phi) is 5.15. The Balaban J connectivity index is 1.70. The highest BCUT2D eigenvalue weighted by molar-refractivity contribution is 5.97. The Hall–Kier alpha value is -3.45. The number of nitrogens with two attached hydrogens (primary N) is 1. The van der Waals surface area contributed by atoms with Crippen LogP contribution in [0.5, 0.6) is 0 Å². The normalized spacial score (nSPS) is 24.1. The largest absolute Gasteiger partial charge is 0.462 e. The molecule has 31 heavy (non-hydrogen) atoms. The summed E-state index contributed by atoms with van der Waals surface area (Å²) < 4.78 is 48.3. The lowest BCUT2D eigenvalue weighted by Crippen LogP contribution is -2.43. The van der Waals surface area contributed by atoms with E-state index in [-0.39, 0.29) is 40.8 Å². The van der Waals surface area contributed by atoms with E-state index >= 15 is 0 Å². The summed E-state index contributed by atoms with van der Waals surface area (Å²) in [6.07, 6.45) is -2.40. The number of Topliss-reactive ketones (excluding diaryl/α,β-unsaturated/α-hetero) is 1. The predicted octanol–water partition coefficient (Wildman–Crippen LogP) is 2.20. The van der Waals surface area contributed by atoms with Crippen LogP contribution < -0.4 is 5.73 Å². The fourth-order valence-electron chi connectivity index (χ4n) is 4.00. The first kappa shape index (κ1) is 20.8. The van der Waals surface area contributed by atoms with E-state index in [2.05, 4.69) is 9.98 Å². The van der Waals surface area contributed by atoms with E-state index in [4.69, 9.17) is 15.7 Å². The van der Waals surface area contributed by atoms with E-state index in [0.717, 1.165) is 6.07 Å². The van der Waals surface area contributed by atoms with Crippen molar-refractivity contribution in [1.29, 1.82) is 5.26 Å². The van der Waals surface area contributed by atoms with Crippen molar-refractivity contribution in [2.24, 2.45) is 16.6 Å². The van der Waals surface area contributed by atoms with Gasteiger partial charge in [0.25, 0.3) is 12.4 Å². The number of hydrogen-bond donors (Lipinski definition) is 2. The van der Waals surface area contributed by atoms with Gasteiger partial charge in [-0.25, -0.2) is 18.2 Å². The molecule has 3 atom stereocenters. The van der Waals surface area contributed by atoms with Gasteiger partial charge in [0.15, 0.2) is 11.3 Å². The summed E-state index contributed by atoms with van der Waals surface area (Å²) in [6.45, 7) is -0.510. The minimum Gasteiger partial charge on any atom is -0.462 e. The number of hydrogen-bond acceptors (Lipinski definition) is 7. The molecule has 2 aliphatic rings. The molecule has 1 aromatic carbocycles. The van der Waals surface area contributed by atoms with Crippen LogP contribution in [0.25, 0.3) is 0 Å². The zero-order chi connectivity index (χ0) is 22.3. The van der Waals surface area contributed by atoms with Gasteiger partial charge in [0, 0.05) is 29.7 Å². The third kappa shape index (κ3) is 3.51. The molecule has 0 spiro atoms. The van der Waals surface area contributed by atoms with Gasteiger partial charge >= 0.3 is 0 Å². The van der Waals surface area contributed by atoms with Gasteiger partial charge in [-0.1, -0.05) is 6.07 Å². The molecule has 0 bridgehead atoms. The molecule has 3 N–H and O–H groups in total. The number of benzene rings is 1. The van der Waals surface area contributed by atoms with Crippen LogP contribution >= 0.6 is 0 Å². The molecule has 160 valence electrons. The summed E-state index contributed by atoms with van der Waals surface area (Å²) in [5.41, 5.74) is 3.60. The summed E-state index contributed by atoms with van der Waals surface area (Å²) in [5.74, 6) is -2.12. The van der Waals surface area contributed by atoms with Crippen LogP contribution in [0.15, 0.2) is 35.5 Å². The van der Waals surface area contributed by atoms with Crippen molar-refractivity contribution in [2.75, 3.05) is 0 Å².